The first-order chi connectivity index (χ1) is 12.6. The zero-order valence-electron chi connectivity index (χ0n) is 15.3. The van der Waals surface area contributed by atoms with Crippen LogP contribution in [0.25, 0.3) is 0 Å². The summed E-state index contributed by atoms with van der Waals surface area (Å²) >= 11 is 0. The Morgan fingerprint density at radius 2 is 1.52 bits per heavy atom. The fraction of sp³-hybridized carbons (Fsp3) is 0.263. The number of carboxylic acid groups (broad SMARTS) is 1. The smallest absolute Gasteiger partial charge is 0.322 e. The number of carboxylic acids is 1. The molecule has 1 atom stereocenters. The van der Waals surface area contributed by atoms with E-state index in [1.54, 1.807) is 26.0 Å². The first kappa shape index (κ1) is 20.6. The molecule has 0 aliphatic carbocycles. The predicted octanol–water partition coefficient (Wildman–Crippen LogP) is 2.63. The van der Waals surface area contributed by atoms with Gasteiger partial charge in [-0.1, -0.05) is 31.5 Å². The molecule has 0 radical (unpaired) electrons. The van der Waals surface area contributed by atoms with Crippen molar-refractivity contribution >= 4 is 27.6 Å². The average Bonchev–Trinajstić information content (AvgIpc) is 2.60. The van der Waals surface area contributed by atoms with Crippen LogP contribution in [0.2, 0.25) is 0 Å². The summed E-state index contributed by atoms with van der Waals surface area (Å²) in [6.07, 6.45) is 0. The standard InChI is InChI=1S/C19H22N2O5S/c1-12(2)17(19(23)24)21-27(25,26)16-10-8-15(9-11-16)20-18(22)14-6-4-13(3)5-7-14/h4-12,17,21H,1-3H3,(H,20,22)(H,23,24)/t17-/m0/s1. The van der Waals surface area contributed by atoms with Crippen molar-refractivity contribution in [1.29, 1.82) is 0 Å². The first-order valence-corrected chi connectivity index (χ1v) is 9.81. The van der Waals surface area contributed by atoms with Crippen LogP contribution in [-0.4, -0.2) is 31.4 Å². The second-order valence-corrected chi connectivity index (χ2v) is 8.24. The van der Waals surface area contributed by atoms with Crippen LogP contribution in [0, 0.1) is 12.8 Å². The summed E-state index contributed by atoms with van der Waals surface area (Å²) < 4.78 is 26.9. The molecule has 27 heavy (non-hydrogen) atoms. The Bertz CT molecular complexity index is 920. The van der Waals surface area contributed by atoms with Crippen LogP contribution in [0.3, 0.4) is 0 Å². The number of carbonyl (C=O) groups excluding carboxylic acids is 1. The van der Waals surface area contributed by atoms with Gasteiger partial charge in [-0.05, 0) is 49.2 Å². The van der Waals surface area contributed by atoms with Crippen molar-refractivity contribution in [1.82, 2.24) is 4.72 Å². The van der Waals surface area contributed by atoms with Gasteiger partial charge in [-0.2, -0.15) is 4.72 Å². The molecule has 0 unspecified atom stereocenters. The molecule has 1 amide bonds. The van der Waals surface area contributed by atoms with Crippen molar-refractivity contribution < 1.29 is 23.1 Å². The highest BCUT2D eigenvalue weighted by Crippen LogP contribution is 2.17. The van der Waals surface area contributed by atoms with Gasteiger partial charge in [0.05, 0.1) is 4.90 Å². The molecule has 8 heteroatoms. The summed E-state index contributed by atoms with van der Waals surface area (Å²) in [6, 6.07) is 11.3. The molecule has 0 aliphatic heterocycles. The van der Waals surface area contributed by atoms with Gasteiger partial charge in [0.1, 0.15) is 6.04 Å². The first-order valence-electron chi connectivity index (χ1n) is 8.33. The Hall–Kier alpha value is -2.71. The van der Waals surface area contributed by atoms with Crippen LogP contribution in [0.5, 0.6) is 0 Å². The third-order valence-corrected chi connectivity index (χ3v) is 5.41. The summed E-state index contributed by atoms with van der Waals surface area (Å²) in [4.78, 5) is 23.3. The lowest BCUT2D eigenvalue weighted by Crippen LogP contribution is -2.44. The maximum absolute atomic E-state index is 12.4. The number of hydrogen-bond acceptors (Lipinski definition) is 4. The summed E-state index contributed by atoms with van der Waals surface area (Å²) in [5.41, 5.74) is 1.95. The number of carbonyl (C=O) groups is 2. The van der Waals surface area contributed by atoms with Crippen LogP contribution < -0.4 is 10.0 Å². The number of sulfonamides is 1. The van der Waals surface area contributed by atoms with E-state index in [2.05, 4.69) is 10.0 Å². The summed E-state index contributed by atoms with van der Waals surface area (Å²) in [5.74, 6) is -1.96. The number of aliphatic carboxylic acids is 1. The number of amides is 1. The Kier molecular flexibility index (Phi) is 6.35. The number of rotatable bonds is 7. The quantitative estimate of drug-likeness (QED) is 0.673. The highest BCUT2D eigenvalue weighted by molar-refractivity contribution is 7.89. The SMILES string of the molecule is Cc1ccc(C(=O)Nc2ccc(S(=O)(=O)N[C@H](C(=O)O)C(C)C)cc2)cc1. The molecule has 0 bridgehead atoms. The summed E-state index contributed by atoms with van der Waals surface area (Å²) in [7, 11) is -4.00. The van der Waals surface area contributed by atoms with E-state index >= 15 is 0 Å². The monoisotopic (exact) mass is 390 g/mol. The normalized spacial score (nSPS) is 12.6. The number of anilines is 1. The third kappa shape index (κ3) is 5.38. The largest absolute Gasteiger partial charge is 0.480 e. The van der Waals surface area contributed by atoms with E-state index in [4.69, 9.17) is 5.11 Å². The van der Waals surface area contributed by atoms with Gasteiger partial charge in [-0.3, -0.25) is 9.59 Å². The summed E-state index contributed by atoms with van der Waals surface area (Å²) in [5, 5.41) is 11.8. The molecule has 7 nitrogen and oxygen atoms in total. The number of benzene rings is 2. The summed E-state index contributed by atoms with van der Waals surface area (Å²) in [6.45, 7) is 5.15. The molecular weight excluding hydrogens is 368 g/mol. The Morgan fingerprint density at radius 3 is 2.00 bits per heavy atom. The van der Waals surface area contributed by atoms with Crippen LogP contribution in [0.15, 0.2) is 53.4 Å². The van der Waals surface area contributed by atoms with Crippen LogP contribution in [0.1, 0.15) is 29.8 Å². The number of hydrogen-bond donors (Lipinski definition) is 3. The van der Waals surface area contributed by atoms with E-state index in [0.29, 0.717) is 11.3 Å². The minimum Gasteiger partial charge on any atom is -0.480 e. The van der Waals surface area contributed by atoms with Crippen molar-refractivity contribution in [2.24, 2.45) is 5.92 Å². The Labute approximate surface area is 158 Å². The lowest BCUT2D eigenvalue weighted by Gasteiger charge is -2.18. The molecule has 2 rings (SSSR count). The zero-order chi connectivity index (χ0) is 20.2. The molecule has 0 saturated heterocycles. The third-order valence-electron chi connectivity index (χ3n) is 3.95. The highest BCUT2D eigenvalue weighted by atomic mass is 32.2. The minimum atomic E-state index is -4.00. The minimum absolute atomic E-state index is 0.0808. The van der Waals surface area contributed by atoms with E-state index in [0.717, 1.165) is 5.56 Å². The molecule has 0 aromatic heterocycles. The molecular formula is C19H22N2O5S. The van der Waals surface area contributed by atoms with Gasteiger partial charge in [0, 0.05) is 11.3 Å². The molecule has 2 aromatic rings. The maximum Gasteiger partial charge on any atom is 0.322 e. The molecule has 0 saturated carbocycles. The molecule has 0 heterocycles. The van der Waals surface area contributed by atoms with E-state index in [9.17, 15) is 18.0 Å². The topological polar surface area (TPSA) is 113 Å². The molecule has 144 valence electrons. The van der Waals surface area contributed by atoms with E-state index in [-0.39, 0.29) is 10.8 Å². The zero-order valence-corrected chi connectivity index (χ0v) is 16.1. The van der Waals surface area contributed by atoms with E-state index in [1.165, 1.54) is 24.3 Å². The Morgan fingerprint density at radius 1 is 0.963 bits per heavy atom. The molecule has 2 aromatic carbocycles. The van der Waals surface area contributed by atoms with Gasteiger partial charge in [0.2, 0.25) is 10.0 Å². The molecule has 0 aliphatic rings. The van der Waals surface area contributed by atoms with Crippen molar-refractivity contribution in [3.8, 4) is 0 Å². The highest BCUT2D eigenvalue weighted by Gasteiger charge is 2.27. The molecule has 0 fully saturated rings. The average molecular weight is 390 g/mol. The van der Waals surface area contributed by atoms with Gasteiger partial charge >= 0.3 is 5.97 Å². The second-order valence-electron chi connectivity index (χ2n) is 6.53. The lowest BCUT2D eigenvalue weighted by atomic mass is 10.1. The predicted molar refractivity (Wildman–Crippen MR) is 102 cm³/mol. The maximum atomic E-state index is 12.4. The second kappa shape index (κ2) is 8.32. The van der Waals surface area contributed by atoms with Gasteiger partial charge in [-0.25, -0.2) is 8.42 Å². The van der Waals surface area contributed by atoms with E-state index in [1.807, 2.05) is 19.1 Å². The van der Waals surface area contributed by atoms with Gasteiger partial charge in [0.15, 0.2) is 0 Å². The fourth-order valence-electron chi connectivity index (χ4n) is 2.33. The van der Waals surface area contributed by atoms with Crippen molar-refractivity contribution in [2.45, 2.75) is 31.7 Å². The van der Waals surface area contributed by atoms with Crippen molar-refractivity contribution in [3.05, 3.63) is 59.7 Å². The van der Waals surface area contributed by atoms with Crippen LogP contribution in [-0.2, 0) is 14.8 Å². The molecule has 0 spiro atoms. The molecule has 3 N–H and O–H groups in total. The lowest BCUT2D eigenvalue weighted by molar-refractivity contribution is -0.140. The van der Waals surface area contributed by atoms with Crippen LogP contribution >= 0.6 is 0 Å². The van der Waals surface area contributed by atoms with Crippen molar-refractivity contribution in [2.75, 3.05) is 5.32 Å². The van der Waals surface area contributed by atoms with Crippen molar-refractivity contribution in [3.63, 3.8) is 0 Å². The van der Waals surface area contributed by atoms with Crippen LogP contribution in [0.4, 0.5) is 5.69 Å². The number of aryl methyl sites for hydroxylation is 1. The van der Waals surface area contributed by atoms with E-state index < -0.39 is 28.0 Å². The Balaban J connectivity index is 2.12. The number of nitrogens with one attached hydrogen (secondary N) is 2. The van der Waals surface area contributed by atoms with Gasteiger partial charge < -0.3 is 10.4 Å². The van der Waals surface area contributed by atoms with Gasteiger partial charge in [0.25, 0.3) is 5.91 Å². The fourth-order valence-corrected chi connectivity index (χ4v) is 3.67. The van der Waals surface area contributed by atoms with Gasteiger partial charge in [-0.15, -0.1) is 0 Å².